The molecule has 4 heteroatoms. The second kappa shape index (κ2) is 7.31. The Labute approximate surface area is 79.5 Å². The van der Waals surface area contributed by atoms with Gasteiger partial charge in [-0.25, -0.2) is 0 Å². The van der Waals surface area contributed by atoms with E-state index in [1.165, 1.54) is 0 Å². The van der Waals surface area contributed by atoms with Crippen LogP contribution in [0.3, 0.4) is 0 Å². The van der Waals surface area contributed by atoms with Crippen molar-refractivity contribution in [3.8, 4) is 0 Å². The monoisotopic (exact) mass is 190 g/mol. The highest BCUT2D eigenvalue weighted by Crippen LogP contribution is 1.94. The highest BCUT2D eigenvalue weighted by molar-refractivity contribution is 7.80. The lowest BCUT2D eigenvalue weighted by Crippen LogP contribution is -2.42. The van der Waals surface area contributed by atoms with Crippen LogP contribution < -0.4 is 10.6 Å². The predicted molar refractivity (Wildman–Crippen MR) is 55.2 cm³/mol. The lowest BCUT2D eigenvalue weighted by molar-refractivity contribution is 0.300. The molecule has 0 bridgehead atoms. The Bertz CT molecular complexity index is 126. The van der Waals surface area contributed by atoms with Gasteiger partial charge in [0.15, 0.2) is 5.11 Å². The first-order valence-corrected chi connectivity index (χ1v) is 4.80. The van der Waals surface area contributed by atoms with Crippen LogP contribution in [0, 0.1) is 0 Å². The van der Waals surface area contributed by atoms with E-state index < -0.39 is 0 Å². The van der Waals surface area contributed by atoms with Gasteiger partial charge in [-0.2, -0.15) is 0 Å². The van der Waals surface area contributed by atoms with Gasteiger partial charge in [0.1, 0.15) is 0 Å². The molecule has 0 aromatic carbocycles. The van der Waals surface area contributed by atoms with Crippen molar-refractivity contribution in [1.82, 2.24) is 10.6 Å². The summed E-state index contributed by atoms with van der Waals surface area (Å²) in [4.78, 5) is 0. The van der Waals surface area contributed by atoms with Gasteiger partial charge in [0.25, 0.3) is 0 Å². The molecule has 0 atom stereocenters. The zero-order valence-corrected chi connectivity index (χ0v) is 8.58. The number of aliphatic hydroxyl groups excluding tert-OH is 1. The van der Waals surface area contributed by atoms with Crippen molar-refractivity contribution in [3.05, 3.63) is 0 Å². The number of aliphatic hydroxyl groups is 1. The zero-order chi connectivity index (χ0) is 9.40. The summed E-state index contributed by atoms with van der Waals surface area (Å²) < 4.78 is 0. The summed E-state index contributed by atoms with van der Waals surface area (Å²) in [6.45, 7) is 4.88. The van der Waals surface area contributed by atoms with E-state index in [0.29, 0.717) is 17.7 Å². The quantitative estimate of drug-likeness (QED) is 0.556. The smallest absolute Gasteiger partial charge is 0.166 e. The van der Waals surface area contributed by atoms with E-state index in [0.717, 1.165) is 12.8 Å². The van der Waals surface area contributed by atoms with Gasteiger partial charge in [-0.3, -0.25) is 0 Å². The third kappa shape index (κ3) is 5.32. The Kier molecular flexibility index (Phi) is 7.09. The Morgan fingerprint density at radius 1 is 1.42 bits per heavy atom. The normalized spacial score (nSPS) is 10.0. The van der Waals surface area contributed by atoms with Crippen LogP contribution in [0.5, 0.6) is 0 Å². The van der Waals surface area contributed by atoms with Crippen molar-refractivity contribution < 1.29 is 5.11 Å². The summed E-state index contributed by atoms with van der Waals surface area (Å²) in [7, 11) is 0. The van der Waals surface area contributed by atoms with Gasteiger partial charge in [0, 0.05) is 12.6 Å². The second-order valence-electron chi connectivity index (χ2n) is 2.64. The Balaban J connectivity index is 3.52. The molecule has 0 aromatic heterocycles. The minimum Gasteiger partial charge on any atom is -0.395 e. The van der Waals surface area contributed by atoms with Crippen molar-refractivity contribution in [2.45, 2.75) is 32.7 Å². The molecule has 0 aromatic rings. The summed E-state index contributed by atoms with van der Waals surface area (Å²) in [5.41, 5.74) is 0. The standard InChI is InChI=1S/C8H18N2OS/c1-3-7(4-2)10-8(12)9-5-6-11/h7,11H,3-6H2,1-2H3,(H2,9,10,12). The molecule has 3 nitrogen and oxygen atoms in total. The number of hydrogen-bond donors (Lipinski definition) is 3. The Morgan fingerprint density at radius 2 is 2.00 bits per heavy atom. The molecule has 0 amide bonds. The lowest BCUT2D eigenvalue weighted by Gasteiger charge is -2.17. The fourth-order valence-electron chi connectivity index (χ4n) is 0.899. The fourth-order valence-corrected chi connectivity index (χ4v) is 1.17. The van der Waals surface area contributed by atoms with Crippen LogP contribution in [-0.2, 0) is 0 Å². The highest BCUT2D eigenvalue weighted by atomic mass is 32.1. The van der Waals surface area contributed by atoms with Gasteiger partial charge < -0.3 is 15.7 Å². The predicted octanol–water partition coefficient (Wildman–Crippen LogP) is 0.631. The summed E-state index contributed by atoms with van der Waals surface area (Å²) in [6.07, 6.45) is 2.13. The third-order valence-corrected chi connectivity index (χ3v) is 1.98. The third-order valence-electron chi connectivity index (χ3n) is 1.72. The van der Waals surface area contributed by atoms with E-state index in [9.17, 15) is 0 Å². The van der Waals surface area contributed by atoms with Crippen molar-refractivity contribution in [2.24, 2.45) is 0 Å². The molecule has 0 aliphatic heterocycles. The minimum atomic E-state index is 0.116. The van der Waals surface area contributed by atoms with Gasteiger partial charge in [-0.05, 0) is 25.1 Å². The van der Waals surface area contributed by atoms with Crippen LogP contribution in [-0.4, -0.2) is 29.4 Å². The largest absolute Gasteiger partial charge is 0.395 e. The average molecular weight is 190 g/mol. The van der Waals surface area contributed by atoms with Crippen LogP contribution in [0.1, 0.15) is 26.7 Å². The fraction of sp³-hybridized carbons (Fsp3) is 0.875. The van der Waals surface area contributed by atoms with Crippen molar-refractivity contribution >= 4 is 17.3 Å². The summed E-state index contributed by atoms with van der Waals surface area (Å²) in [5.74, 6) is 0. The van der Waals surface area contributed by atoms with Crippen LogP contribution in [0.2, 0.25) is 0 Å². The molecule has 0 radical (unpaired) electrons. The lowest BCUT2D eigenvalue weighted by atomic mass is 10.2. The zero-order valence-electron chi connectivity index (χ0n) is 7.76. The van der Waals surface area contributed by atoms with Crippen LogP contribution in [0.25, 0.3) is 0 Å². The molecule has 0 rings (SSSR count). The van der Waals surface area contributed by atoms with E-state index in [1.807, 2.05) is 0 Å². The number of rotatable bonds is 5. The first-order chi connectivity index (χ1) is 5.74. The SMILES string of the molecule is CCC(CC)NC(=S)NCCO. The van der Waals surface area contributed by atoms with E-state index >= 15 is 0 Å². The molecule has 0 unspecified atom stereocenters. The highest BCUT2D eigenvalue weighted by Gasteiger charge is 2.03. The summed E-state index contributed by atoms with van der Waals surface area (Å²) in [5, 5.41) is 15.2. The maximum absolute atomic E-state index is 8.51. The number of nitrogens with one attached hydrogen (secondary N) is 2. The molecular weight excluding hydrogens is 172 g/mol. The molecule has 12 heavy (non-hydrogen) atoms. The molecule has 72 valence electrons. The molecule has 0 fully saturated rings. The van der Waals surface area contributed by atoms with E-state index in [4.69, 9.17) is 17.3 Å². The van der Waals surface area contributed by atoms with Gasteiger partial charge in [0.2, 0.25) is 0 Å². The van der Waals surface area contributed by atoms with Crippen molar-refractivity contribution in [3.63, 3.8) is 0 Å². The molecule has 0 saturated heterocycles. The average Bonchev–Trinajstić information content (AvgIpc) is 2.10. The Hall–Kier alpha value is -0.350. The van der Waals surface area contributed by atoms with Crippen molar-refractivity contribution in [2.75, 3.05) is 13.2 Å². The van der Waals surface area contributed by atoms with Crippen molar-refractivity contribution in [1.29, 1.82) is 0 Å². The van der Waals surface area contributed by atoms with Gasteiger partial charge >= 0.3 is 0 Å². The molecule has 0 saturated carbocycles. The first-order valence-electron chi connectivity index (χ1n) is 4.39. The van der Waals surface area contributed by atoms with Gasteiger partial charge in [0.05, 0.1) is 6.61 Å². The van der Waals surface area contributed by atoms with Crippen LogP contribution >= 0.6 is 12.2 Å². The van der Waals surface area contributed by atoms with Crippen LogP contribution in [0.4, 0.5) is 0 Å². The minimum absolute atomic E-state index is 0.116. The molecule has 0 aliphatic rings. The second-order valence-corrected chi connectivity index (χ2v) is 3.05. The maximum atomic E-state index is 8.51. The molecule has 0 heterocycles. The molecular formula is C8H18N2OS. The summed E-state index contributed by atoms with van der Waals surface area (Å²) in [6, 6.07) is 0.448. The van der Waals surface area contributed by atoms with E-state index in [2.05, 4.69) is 24.5 Å². The molecule has 0 spiro atoms. The van der Waals surface area contributed by atoms with E-state index in [1.54, 1.807) is 0 Å². The Morgan fingerprint density at radius 3 is 2.42 bits per heavy atom. The van der Waals surface area contributed by atoms with Gasteiger partial charge in [-0.15, -0.1) is 0 Å². The van der Waals surface area contributed by atoms with Gasteiger partial charge in [-0.1, -0.05) is 13.8 Å². The number of thiocarbonyl (C=S) groups is 1. The maximum Gasteiger partial charge on any atom is 0.166 e. The van der Waals surface area contributed by atoms with E-state index in [-0.39, 0.29) is 6.61 Å². The summed E-state index contributed by atoms with van der Waals surface area (Å²) >= 11 is 4.99. The topological polar surface area (TPSA) is 44.3 Å². The first kappa shape index (κ1) is 11.6. The molecule has 3 N–H and O–H groups in total. The molecule has 0 aliphatic carbocycles. The number of hydrogen-bond acceptors (Lipinski definition) is 2. The van der Waals surface area contributed by atoms with Crippen LogP contribution in [0.15, 0.2) is 0 Å².